The van der Waals surface area contributed by atoms with E-state index < -0.39 is 11.6 Å². The molecule has 1 heterocycles. The van der Waals surface area contributed by atoms with Gasteiger partial charge in [0.2, 0.25) is 5.91 Å². The summed E-state index contributed by atoms with van der Waals surface area (Å²) in [5.74, 6) is 0.347. The van der Waals surface area contributed by atoms with Gasteiger partial charge in [0.25, 0.3) is 0 Å². The Morgan fingerprint density at radius 1 is 1.44 bits per heavy atom. The first-order chi connectivity index (χ1) is 11.9. The summed E-state index contributed by atoms with van der Waals surface area (Å²) in [4.78, 5) is 12.3. The van der Waals surface area contributed by atoms with E-state index in [1.54, 1.807) is 13.8 Å². The summed E-state index contributed by atoms with van der Waals surface area (Å²) >= 11 is 0. The van der Waals surface area contributed by atoms with Gasteiger partial charge in [-0.15, -0.1) is 0 Å². The minimum atomic E-state index is -1.04. The summed E-state index contributed by atoms with van der Waals surface area (Å²) in [6.07, 6.45) is 2.30. The average molecular weight is 342 g/mol. The topological polar surface area (TPSA) is 114 Å². The van der Waals surface area contributed by atoms with Crippen LogP contribution in [0.1, 0.15) is 37.6 Å². The predicted octanol–water partition coefficient (Wildman–Crippen LogP) is 2.10. The summed E-state index contributed by atoms with van der Waals surface area (Å²) in [5, 5.41) is 15.6. The Kier molecular flexibility index (Phi) is 6.14. The third-order valence-corrected chi connectivity index (χ3v) is 3.56. The van der Waals surface area contributed by atoms with Gasteiger partial charge in [0, 0.05) is 12.0 Å². The lowest BCUT2D eigenvalue weighted by Crippen LogP contribution is -2.51. The molecule has 132 valence electrons. The van der Waals surface area contributed by atoms with Crippen LogP contribution < -0.4 is 15.8 Å². The molecule has 3 N–H and O–H groups in total. The molecule has 0 bridgehead atoms. The zero-order chi connectivity index (χ0) is 18.3. The maximum atomic E-state index is 12.3. The summed E-state index contributed by atoms with van der Waals surface area (Å²) in [6.45, 7) is 3.41. The molecular formula is C18H22N4O3. The lowest BCUT2D eigenvalue weighted by Gasteiger charge is -2.24. The Morgan fingerprint density at radius 3 is 2.80 bits per heavy atom. The molecule has 1 atom stereocenters. The molecule has 7 nitrogen and oxygen atoms in total. The highest BCUT2D eigenvalue weighted by Gasteiger charge is 2.28. The Hall–Kier alpha value is -2.85. The van der Waals surface area contributed by atoms with Crippen molar-refractivity contribution in [3.63, 3.8) is 0 Å². The first kappa shape index (κ1) is 18.5. The standard InChI is InChI=1S/C18H22N4O3/c1-18(2,20)17(23)21-15(12-24-14-8-4-3-5-9-14)16-13(7-6-10-19)11-25-22-16/h3-5,8-9,11,15H,6-7,12,20H2,1-2H3,(H,21,23)/t15-/m1/s1. The van der Waals surface area contributed by atoms with Gasteiger partial charge in [-0.05, 0) is 32.4 Å². The number of nitrogens with zero attached hydrogens (tertiary/aromatic N) is 2. The molecule has 1 amide bonds. The number of hydrogen-bond acceptors (Lipinski definition) is 6. The summed E-state index contributed by atoms with van der Waals surface area (Å²) in [5.41, 5.74) is 6.13. The van der Waals surface area contributed by atoms with Crippen molar-refractivity contribution in [3.8, 4) is 11.8 Å². The van der Waals surface area contributed by atoms with E-state index >= 15 is 0 Å². The molecule has 2 rings (SSSR count). The molecule has 0 saturated heterocycles. The molecule has 0 aliphatic rings. The van der Waals surface area contributed by atoms with Crippen LogP contribution in [0.5, 0.6) is 5.75 Å². The Morgan fingerprint density at radius 2 is 2.16 bits per heavy atom. The lowest BCUT2D eigenvalue weighted by atomic mass is 10.0. The third-order valence-electron chi connectivity index (χ3n) is 3.56. The van der Waals surface area contributed by atoms with Crippen LogP contribution in [0, 0.1) is 11.3 Å². The van der Waals surface area contributed by atoms with Crippen LogP contribution in [-0.2, 0) is 11.2 Å². The molecular weight excluding hydrogens is 320 g/mol. The van der Waals surface area contributed by atoms with E-state index in [-0.39, 0.29) is 12.5 Å². The van der Waals surface area contributed by atoms with Crippen LogP contribution in [0.2, 0.25) is 0 Å². The monoisotopic (exact) mass is 342 g/mol. The Bertz CT molecular complexity index is 729. The minimum absolute atomic E-state index is 0.165. The molecule has 1 aromatic heterocycles. The summed E-state index contributed by atoms with van der Waals surface area (Å²) in [6, 6.07) is 10.8. The fraction of sp³-hybridized carbons (Fsp3) is 0.389. The van der Waals surface area contributed by atoms with Crippen molar-refractivity contribution >= 4 is 5.91 Å². The van der Waals surface area contributed by atoms with Crippen LogP contribution in [0.3, 0.4) is 0 Å². The molecule has 25 heavy (non-hydrogen) atoms. The van der Waals surface area contributed by atoms with E-state index in [4.69, 9.17) is 20.3 Å². The molecule has 0 aliphatic heterocycles. The highest BCUT2D eigenvalue weighted by Crippen LogP contribution is 2.21. The smallest absolute Gasteiger partial charge is 0.240 e. The number of amides is 1. The van der Waals surface area contributed by atoms with Crippen LogP contribution in [-0.4, -0.2) is 23.2 Å². The van der Waals surface area contributed by atoms with Crippen LogP contribution in [0.25, 0.3) is 0 Å². The van der Waals surface area contributed by atoms with Gasteiger partial charge in [-0.2, -0.15) is 5.26 Å². The van der Waals surface area contributed by atoms with Gasteiger partial charge >= 0.3 is 0 Å². The first-order valence-electron chi connectivity index (χ1n) is 7.99. The van der Waals surface area contributed by atoms with Crippen molar-refractivity contribution in [2.24, 2.45) is 5.73 Å². The number of aryl methyl sites for hydroxylation is 1. The second kappa shape index (κ2) is 8.31. The fourth-order valence-electron chi connectivity index (χ4n) is 2.16. The Labute approximate surface area is 146 Å². The van der Waals surface area contributed by atoms with Crippen molar-refractivity contribution in [2.45, 2.75) is 38.3 Å². The lowest BCUT2D eigenvalue weighted by molar-refractivity contribution is -0.126. The van der Waals surface area contributed by atoms with Crippen molar-refractivity contribution < 1.29 is 14.1 Å². The second-order valence-electron chi connectivity index (χ2n) is 6.25. The molecule has 1 aromatic carbocycles. The number of carbonyl (C=O) groups is 1. The van der Waals surface area contributed by atoms with Gasteiger partial charge in [0.15, 0.2) is 0 Å². The fourth-order valence-corrected chi connectivity index (χ4v) is 2.16. The van der Waals surface area contributed by atoms with Gasteiger partial charge in [0.1, 0.15) is 30.4 Å². The molecule has 0 unspecified atom stereocenters. The van der Waals surface area contributed by atoms with Gasteiger partial charge < -0.3 is 20.3 Å². The molecule has 7 heteroatoms. The highest BCUT2D eigenvalue weighted by atomic mass is 16.5. The number of aromatic nitrogens is 1. The van der Waals surface area contributed by atoms with Crippen molar-refractivity contribution in [1.82, 2.24) is 10.5 Å². The number of nitriles is 1. The van der Waals surface area contributed by atoms with E-state index in [1.165, 1.54) is 6.26 Å². The zero-order valence-electron chi connectivity index (χ0n) is 14.4. The number of nitrogens with two attached hydrogens (primary N) is 1. The molecule has 2 aromatic rings. The molecule has 0 saturated carbocycles. The molecule has 0 aliphatic carbocycles. The van der Waals surface area contributed by atoms with Gasteiger partial charge in [-0.1, -0.05) is 23.4 Å². The van der Waals surface area contributed by atoms with Crippen molar-refractivity contribution in [2.75, 3.05) is 6.61 Å². The summed E-state index contributed by atoms with van der Waals surface area (Å²) in [7, 11) is 0. The highest BCUT2D eigenvalue weighted by molar-refractivity contribution is 5.85. The zero-order valence-corrected chi connectivity index (χ0v) is 14.4. The number of benzene rings is 1. The molecule has 0 fully saturated rings. The predicted molar refractivity (Wildman–Crippen MR) is 91.5 cm³/mol. The average Bonchev–Trinajstić information content (AvgIpc) is 3.05. The number of ether oxygens (including phenoxy) is 1. The number of carbonyl (C=O) groups excluding carboxylic acids is 1. The third kappa shape index (κ3) is 5.33. The van der Waals surface area contributed by atoms with Gasteiger partial charge in [-0.3, -0.25) is 4.79 Å². The van der Waals surface area contributed by atoms with E-state index in [0.717, 1.165) is 5.56 Å². The van der Waals surface area contributed by atoms with Crippen molar-refractivity contribution in [1.29, 1.82) is 5.26 Å². The first-order valence-corrected chi connectivity index (χ1v) is 7.99. The SMILES string of the molecule is CC(C)(N)C(=O)N[C@H](COc1ccccc1)c1nocc1CCC#N. The number of para-hydroxylation sites is 1. The number of nitrogens with one attached hydrogen (secondary N) is 1. The minimum Gasteiger partial charge on any atom is -0.491 e. The normalized spacial score (nSPS) is 12.2. The molecule has 0 spiro atoms. The Balaban J connectivity index is 2.18. The van der Waals surface area contributed by atoms with E-state index in [1.807, 2.05) is 30.3 Å². The van der Waals surface area contributed by atoms with Crippen LogP contribution in [0.4, 0.5) is 0 Å². The van der Waals surface area contributed by atoms with Gasteiger partial charge in [-0.25, -0.2) is 0 Å². The molecule has 0 radical (unpaired) electrons. The van der Waals surface area contributed by atoms with E-state index in [2.05, 4.69) is 16.5 Å². The van der Waals surface area contributed by atoms with Crippen LogP contribution in [0.15, 0.2) is 41.1 Å². The quantitative estimate of drug-likeness (QED) is 0.759. The summed E-state index contributed by atoms with van der Waals surface area (Å²) < 4.78 is 10.8. The maximum absolute atomic E-state index is 12.3. The number of hydrogen-bond donors (Lipinski definition) is 2. The number of rotatable bonds is 8. The van der Waals surface area contributed by atoms with E-state index in [9.17, 15) is 4.79 Å². The van der Waals surface area contributed by atoms with E-state index in [0.29, 0.717) is 24.3 Å². The van der Waals surface area contributed by atoms with Crippen LogP contribution >= 0.6 is 0 Å². The largest absolute Gasteiger partial charge is 0.491 e. The maximum Gasteiger partial charge on any atom is 0.240 e. The van der Waals surface area contributed by atoms with Gasteiger partial charge in [0.05, 0.1) is 11.6 Å². The van der Waals surface area contributed by atoms with Crippen molar-refractivity contribution in [3.05, 3.63) is 47.9 Å². The second-order valence-corrected chi connectivity index (χ2v) is 6.25.